The van der Waals surface area contributed by atoms with Crippen LogP contribution in [0.15, 0.2) is 24.5 Å². The molecular weight excluding hydrogens is 552 g/mol. The van der Waals surface area contributed by atoms with Gasteiger partial charge in [0, 0.05) is 12.4 Å². The fourth-order valence-electron chi connectivity index (χ4n) is 5.63. The van der Waals surface area contributed by atoms with E-state index in [2.05, 4.69) is 11.9 Å². The summed E-state index contributed by atoms with van der Waals surface area (Å²) in [5.41, 5.74) is 0.197. The van der Waals surface area contributed by atoms with E-state index in [0.717, 1.165) is 40.0 Å². The predicted molar refractivity (Wildman–Crippen MR) is 164 cm³/mol. The van der Waals surface area contributed by atoms with Gasteiger partial charge in [0.05, 0.1) is 11.7 Å². The van der Waals surface area contributed by atoms with Crippen LogP contribution in [0.1, 0.15) is 134 Å². The Hall–Kier alpha value is -2.53. The first-order chi connectivity index (χ1) is 20.3. The van der Waals surface area contributed by atoms with E-state index in [-0.39, 0.29) is 6.42 Å². The number of hydrogen-bond acceptors (Lipinski definition) is 9. The lowest BCUT2D eigenvalue weighted by Crippen LogP contribution is -2.68. The Labute approximate surface area is 256 Å². The van der Waals surface area contributed by atoms with Crippen LogP contribution < -0.4 is 5.73 Å². The molecule has 1 aliphatic rings. The van der Waals surface area contributed by atoms with Crippen LogP contribution in [0.3, 0.4) is 0 Å². The molecule has 0 radical (unpaired) electrons. The molecule has 43 heavy (non-hydrogen) atoms. The van der Waals surface area contributed by atoms with Gasteiger partial charge in [0.15, 0.2) is 28.6 Å². The minimum Gasteiger partial charge on any atom is -0.382 e. The monoisotopic (exact) mass is 606 g/mol. The number of aliphatic hydroxyl groups is 3. The third-order valence-electron chi connectivity index (χ3n) is 8.31. The molecule has 1 aromatic heterocycles. The van der Waals surface area contributed by atoms with E-state index in [0.29, 0.717) is 12.0 Å². The van der Waals surface area contributed by atoms with Gasteiger partial charge in [-0.3, -0.25) is 24.2 Å². The summed E-state index contributed by atoms with van der Waals surface area (Å²) in [4.78, 5) is 50.5. The molecule has 5 N–H and O–H groups in total. The van der Waals surface area contributed by atoms with Gasteiger partial charge in [0.2, 0.25) is 5.91 Å². The second-order valence-corrected chi connectivity index (χ2v) is 11.7. The van der Waals surface area contributed by atoms with Crippen LogP contribution in [-0.4, -0.2) is 73.1 Å². The second-order valence-electron chi connectivity index (χ2n) is 11.7. The SMILES string of the molecule is CCCCCCCCCCCCCCCCC1O[C@H](C(O)C(C)=O)[C@](O)(C(C)=O)[C@]1(O)C(C)=O.NC(=O)c1cccnc1. The minimum atomic E-state index is -2.68. The summed E-state index contributed by atoms with van der Waals surface area (Å²) >= 11 is 0. The lowest BCUT2D eigenvalue weighted by molar-refractivity contribution is -0.182. The van der Waals surface area contributed by atoms with Crippen molar-refractivity contribution in [2.45, 2.75) is 154 Å². The number of amides is 1. The quantitative estimate of drug-likeness (QED) is 0.157. The molecule has 0 bridgehead atoms. The van der Waals surface area contributed by atoms with Crippen molar-refractivity contribution >= 4 is 23.3 Å². The normalized spacial score (nSPS) is 23.7. The molecule has 1 amide bonds. The van der Waals surface area contributed by atoms with E-state index in [4.69, 9.17) is 10.5 Å². The molecule has 0 aromatic carbocycles. The summed E-state index contributed by atoms with van der Waals surface area (Å²) in [6.07, 6.45) is 15.2. The molecule has 0 aliphatic carbocycles. The maximum Gasteiger partial charge on any atom is 0.250 e. The Morgan fingerprint density at radius 2 is 1.30 bits per heavy atom. The number of hydrogen-bond donors (Lipinski definition) is 4. The van der Waals surface area contributed by atoms with E-state index in [9.17, 15) is 34.5 Å². The van der Waals surface area contributed by atoms with Crippen molar-refractivity contribution in [1.29, 1.82) is 0 Å². The van der Waals surface area contributed by atoms with Gasteiger partial charge in [-0.2, -0.15) is 0 Å². The first-order valence-corrected chi connectivity index (χ1v) is 15.9. The smallest absolute Gasteiger partial charge is 0.250 e. The number of nitrogens with two attached hydrogens (primary N) is 1. The Morgan fingerprint density at radius 3 is 1.65 bits per heavy atom. The summed E-state index contributed by atoms with van der Waals surface area (Å²) in [6.45, 7) is 5.44. The van der Waals surface area contributed by atoms with Gasteiger partial charge in [-0.05, 0) is 39.3 Å². The fourth-order valence-corrected chi connectivity index (χ4v) is 5.63. The molecule has 2 unspecified atom stereocenters. The highest BCUT2D eigenvalue weighted by molar-refractivity contribution is 6.00. The topological polar surface area (TPSA) is 177 Å². The van der Waals surface area contributed by atoms with Crippen molar-refractivity contribution in [2.75, 3.05) is 0 Å². The van der Waals surface area contributed by atoms with Crippen LogP contribution in [0.4, 0.5) is 0 Å². The number of aliphatic hydroxyl groups excluding tert-OH is 1. The lowest BCUT2D eigenvalue weighted by atomic mass is 9.71. The third kappa shape index (κ3) is 11.2. The molecule has 10 heteroatoms. The Bertz CT molecular complexity index is 1000. The Kier molecular flexibility index (Phi) is 17.6. The number of rotatable bonds is 20. The summed E-state index contributed by atoms with van der Waals surface area (Å²) in [5, 5.41) is 32.4. The number of Topliss-reactive ketones (excluding diaryl/α,β-unsaturated/α-hetero) is 3. The van der Waals surface area contributed by atoms with Gasteiger partial charge >= 0.3 is 0 Å². The molecule has 5 atom stereocenters. The number of pyridine rings is 1. The molecule has 2 rings (SSSR count). The molecule has 1 aromatic rings. The molecule has 2 heterocycles. The van der Waals surface area contributed by atoms with Gasteiger partial charge in [-0.15, -0.1) is 0 Å². The van der Waals surface area contributed by atoms with E-state index in [1.165, 1.54) is 70.4 Å². The van der Waals surface area contributed by atoms with Crippen LogP contribution in [0.25, 0.3) is 0 Å². The largest absolute Gasteiger partial charge is 0.382 e. The predicted octanol–water partition coefficient (Wildman–Crippen LogP) is 4.40. The minimum absolute atomic E-state index is 0.241. The van der Waals surface area contributed by atoms with Crippen LogP contribution in [0.5, 0.6) is 0 Å². The van der Waals surface area contributed by atoms with E-state index in [1.807, 2.05) is 0 Å². The van der Waals surface area contributed by atoms with Gasteiger partial charge in [0.25, 0.3) is 0 Å². The lowest BCUT2D eigenvalue weighted by Gasteiger charge is -2.38. The summed E-state index contributed by atoms with van der Waals surface area (Å²) in [5.74, 6) is -2.89. The maximum absolute atomic E-state index is 12.4. The van der Waals surface area contributed by atoms with Crippen molar-refractivity contribution in [2.24, 2.45) is 5.73 Å². The first kappa shape index (κ1) is 38.5. The van der Waals surface area contributed by atoms with Crippen LogP contribution in [0, 0.1) is 0 Å². The van der Waals surface area contributed by atoms with Crippen LogP contribution in [-0.2, 0) is 19.1 Å². The van der Waals surface area contributed by atoms with Gasteiger partial charge in [-0.25, -0.2) is 0 Å². The van der Waals surface area contributed by atoms with E-state index in [1.54, 1.807) is 18.3 Å². The average molecular weight is 607 g/mol. The van der Waals surface area contributed by atoms with Crippen molar-refractivity contribution in [3.05, 3.63) is 30.1 Å². The van der Waals surface area contributed by atoms with Gasteiger partial charge in [0.1, 0.15) is 12.2 Å². The zero-order valence-electron chi connectivity index (χ0n) is 26.6. The van der Waals surface area contributed by atoms with Crippen molar-refractivity contribution < 1.29 is 39.2 Å². The number of aromatic nitrogens is 1. The highest BCUT2D eigenvalue weighted by Crippen LogP contribution is 2.45. The Morgan fingerprint density at radius 1 is 0.837 bits per heavy atom. The number of primary amides is 1. The number of unbranched alkanes of at least 4 members (excludes halogenated alkanes) is 13. The zero-order chi connectivity index (χ0) is 32.5. The molecule has 1 fully saturated rings. The maximum atomic E-state index is 12.4. The van der Waals surface area contributed by atoms with Gasteiger partial charge in [-0.1, -0.05) is 96.8 Å². The van der Waals surface area contributed by atoms with Crippen molar-refractivity contribution in [3.63, 3.8) is 0 Å². The van der Waals surface area contributed by atoms with Gasteiger partial charge < -0.3 is 25.8 Å². The average Bonchev–Trinajstić information content (AvgIpc) is 3.21. The van der Waals surface area contributed by atoms with Crippen LogP contribution in [0.2, 0.25) is 0 Å². The highest BCUT2D eigenvalue weighted by atomic mass is 16.6. The third-order valence-corrected chi connectivity index (χ3v) is 8.31. The molecular formula is C33H54N2O8. The summed E-state index contributed by atoms with van der Waals surface area (Å²) in [7, 11) is 0. The second kappa shape index (κ2) is 19.7. The number of ketones is 3. The van der Waals surface area contributed by atoms with E-state index < -0.39 is 52.8 Å². The molecule has 1 aliphatic heterocycles. The summed E-state index contributed by atoms with van der Waals surface area (Å²) < 4.78 is 5.64. The first-order valence-electron chi connectivity index (χ1n) is 15.9. The zero-order valence-corrected chi connectivity index (χ0v) is 26.6. The highest BCUT2D eigenvalue weighted by Gasteiger charge is 2.72. The molecule has 244 valence electrons. The molecule has 10 nitrogen and oxygen atoms in total. The number of carbonyl (C=O) groups excluding carboxylic acids is 4. The molecule has 0 saturated carbocycles. The molecule has 0 spiro atoms. The number of carbonyl (C=O) groups is 4. The molecule has 1 saturated heterocycles. The van der Waals surface area contributed by atoms with Crippen molar-refractivity contribution in [3.8, 4) is 0 Å². The summed E-state index contributed by atoms with van der Waals surface area (Å²) in [6, 6.07) is 3.29. The number of ether oxygens (including phenoxy) is 1. The standard InChI is InChI=1S/C27H48O7.C6H6N2O/c1-5-6-7-8-9-10-11-12-13-14-15-16-17-18-19-23-26(32,21(3)29)27(33,22(4)30)25(34-23)24(31)20(2)28;7-6(9)5-2-1-3-8-4-5/h23-25,31-33H,5-19H2,1-4H3;1-4H,(H2,7,9)/t23?,24?,25-,26+,27-;/m1./s1. The number of nitrogens with zero attached hydrogens (tertiary/aromatic N) is 1. The Balaban J connectivity index is 0.000000869. The van der Waals surface area contributed by atoms with Crippen molar-refractivity contribution in [1.82, 2.24) is 4.98 Å². The fraction of sp³-hybridized carbons (Fsp3) is 0.727. The van der Waals surface area contributed by atoms with Crippen LogP contribution >= 0.6 is 0 Å². The van der Waals surface area contributed by atoms with E-state index >= 15 is 0 Å².